The van der Waals surface area contributed by atoms with E-state index in [1.54, 1.807) is 35.0 Å². The lowest BCUT2D eigenvalue weighted by molar-refractivity contribution is -0.131. The Morgan fingerprint density at radius 1 is 1.37 bits per heavy atom. The minimum atomic E-state index is -3.09. The summed E-state index contributed by atoms with van der Waals surface area (Å²) in [4.78, 5) is 31.8. The van der Waals surface area contributed by atoms with Gasteiger partial charge in [-0.25, -0.2) is 13.8 Å². The van der Waals surface area contributed by atoms with E-state index in [0.717, 1.165) is 14.8 Å². The fraction of sp³-hybridized carbons (Fsp3) is 0.368. The van der Waals surface area contributed by atoms with Gasteiger partial charge in [-0.05, 0) is 30.5 Å². The summed E-state index contributed by atoms with van der Waals surface area (Å²) < 4.78 is 26.9. The Kier molecular flexibility index (Phi) is 7.33. The smallest absolute Gasteiger partial charge is 0.271 e. The first-order valence-electron chi connectivity index (χ1n) is 8.87. The number of nitrogens with zero attached hydrogens (tertiary/aromatic N) is 3. The van der Waals surface area contributed by atoms with Crippen LogP contribution in [0.25, 0.3) is 0 Å². The van der Waals surface area contributed by atoms with Crippen molar-refractivity contribution in [2.24, 2.45) is 0 Å². The molecule has 1 atom stereocenters. The summed E-state index contributed by atoms with van der Waals surface area (Å²) in [5.74, 6) is -3.76. The zero-order valence-corrected chi connectivity index (χ0v) is 18.4. The maximum atomic E-state index is 13.4. The van der Waals surface area contributed by atoms with Crippen LogP contribution >= 0.6 is 34.9 Å². The fourth-order valence-corrected chi connectivity index (χ4v) is 4.94. The highest BCUT2D eigenvalue weighted by Gasteiger charge is 2.47. The van der Waals surface area contributed by atoms with Crippen molar-refractivity contribution in [1.29, 1.82) is 5.26 Å². The summed E-state index contributed by atoms with van der Waals surface area (Å²) in [7, 11) is 0. The highest BCUT2D eigenvalue weighted by molar-refractivity contribution is 7.99. The van der Waals surface area contributed by atoms with E-state index in [4.69, 9.17) is 5.26 Å². The number of halogens is 2. The second kappa shape index (κ2) is 9.76. The van der Waals surface area contributed by atoms with Gasteiger partial charge in [-0.3, -0.25) is 9.59 Å². The molecule has 1 aromatic heterocycles. The highest BCUT2D eigenvalue weighted by atomic mass is 32.2. The number of hydrogen-bond acceptors (Lipinski definition) is 7. The van der Waals surface area contributed by atoms with E-state index in [2.05, 4.69) is 10.3 Å². The van der Waals surface area contributed by atoms with Crippen molar-refractivity contribution in [2.45, 2.75) is 33.9 Å². The monoisotopic (exact) mass is 468 g/mol. The van der Waals surface area contributed by atoms with Crippen molar-refractivity contribution >= 4 is 46.7 Å². The molecule has 0 aliphatic carbocycles. The number of benzene rings is 1. The van der Waals surface area contributed by atoms with E-state index in [1.807, 2.05) is 30.5 Å². The van der Waals surface area contributed by atoms with Gasteiger partial charge in [0.1, 0.15) is 16.7 Å². The Morgan fingerprint density at radius 2 is 2.07 bits per heavy atom. The van der Waals surface area contributed by atoms with E-state index in [1.165, 1.54) is 16.2 Å². The maximum absolute atomic E-state index is 13.4. The number of rotatable bonds is 7. The molecule has 0 spiro atoms. The first-order valence-corrected chi connectivity index (χ1v) is 12.0. The summed E-state index contributed by atoms with van der Waals surface area (Å²) in [5, 5.41) is 13.7. The molecule has 6 nitrogen and oxygen atoms in total. The SMILES string of the molecule is CSc1ccc(SCc2nc(C(=O)NCC(=O)N3CC(F)(F)C[C@H]3C#N)cs2)cc1. The Balaban J connectivity index is 1.50. The number of likely N-dealkylation sites (tertiary alicyclic amines) is 1. The summed E-state index contributed by atoms with van der Waals surface area (Å²) in [5.41, 5.74) is 0.171. The molecule has 158 valence electrons. The van der Waals surface area contributed by atoms with Crippen molar-refractivity contribution in [3.05, 3.63) is 40.3 Å². The number of thiazole rings is 1. The van der Waals surface area contributed by atoms with E-state index in [9.17, 15) is 18.4 Å². The van der Waals surface area contributed by atoms with Gasteiger partial charge in [0, 0.05) is 21.6 Å². The lowest BCUT2D eigenvalue weighted by Gasteiger charge is -2.19. The Labute approximate surface area is 185 Å². The van der Waals surface area contributed by atoms with Crippen LogP contribution in [0.3, 0.4) is 0 Å². The highest BCUT2D eigenvalue weighted by Crippen LogP contribution is 2.31. The number of amides is 2. The lowest BCUT2D eigenvalue weighted by atomic mass is 10.2. The van der Waals surface area contributed by atoms with Gasteiger partial charge in [-0.2, -0.15) is 5.26 Å². The predicted octanol–water partition coefficient (Wildman–Crippen LogP) is 3.65. The molecular formula is C19H18F2N4O2S3. The van der Waals surface area contributed by atoms with Crippen LogP contribution in [0.4, 0.5) is 8.78 Å². The zero-order valence-electron chi connectivity index (χ0n) is 15.9. The van der Waals surface area contributed by atoms with Crippen LogP contribution in [0.2, 0.25) is 0 Å². The largest absolute Gasteiger partial charge is 0.342 e. The Bertz CT molecular complexity index is 959. The first-order chi connectivity index (χ1) is 14.3. The Morgan fingerprint density at radius 3 is 2.73 bits per heavy atom. The third-order valence-corrected chi connectivity index (χ3v) is 7.14. The second-order valence-corrected chi connectivity index (χ2v) is 9.37. The molecule has 1 aromatic carbocycles. The van der Waals surface area contributed by atoms with Gasteiger partial charge >= 0.3 is 0 Å². The summed E-state index contributed by atoms with van der Waals surface area (Å²) in [6.45, 7) is -1.27. The molecule has 1 N–H and O–H groups in total. The van der Waals surface area contributed by atoms with Gasteiger partial charge in [-0.15, -0.1) is 34.9 Å². The quantitative estimate of drug-likeness (QED) is 0.625. The fourth-order valence-electron chi connectivity index (χ4n) is 2.84. The third-order valence-electron chi connectivity index (χ3n) is 4.35. The van der Waals surface area contributed by atoms with E-state index in [0.29, 0.717) is 5.75 Å². The van der Waals surface area contributed by atoms with E-state index in [-0.39, 0.29) is 5.69 Å². The molecule has 30 heavy (non-hydrogen) atoms. The topological polar surface area (TPSA) is 86.1 Å². The summed E-state index contributed by atoms with van der Waals surface area (Å²) >= 11 is 4.60. The Hall–Kier alpha value is -2.16. The van der Waals surface area contributed by atoms with Gasteiger partial charge in [0.2, 0.25) is 5.91 Å². The van der Waals surface area contributed by atoms with Crippen LogP contribution in [0, 0.1) is 11.3 Å². The van der Waals surface area contributed by atoms with Crippen molar-refractivity contribution in [3.63, 3.8) is 0 Å². The number of nitrogens with one attached hydrogen (secondary N) is 1. The number of thioether (sulfide) groups is 2. The summed E-state index contributed by atoms with van der Waals surface area (Å²) in [6.07, 6.45) is 1.33. The standard InChI is InChI=1S/C19H18F2N4O2S3/c1-28-13-2-4-14(5-3-13)29-10-16-24-15(9-30-16)18(27)23-8-17(26)25-11-19(20,21)6-12(25)7-22/h2-5,9,12H,6,8,10-11H2,1H3,(H,23,27)/t12-/m0/s1. The molecule has 0 radical (unpaired) electrons. The molecule has 2 aromatic rings. The van der Waals surface area contributed by atoms with Crippen LogP contribution in [0.5, 0.6) is 0 Å². The van der Waals surface area contributed by atoms with Crippen LogP contribution in [-0.4, -0.2) is 53.0 Å². The molecule has 1 fully saturated rings. The van der Waals surface area contributed by atoms with Crippen molar-refractivity contribution in [1.82, 2.24) is 15.2 Å². The molecule has 1 saturated heterocycles. The zero-order chi connectivity index (χ0) is 21.7. The third kappa shape index (κ3) is 5.71. The van der Waals surface area contributed by atoms with Gasteiger partial charge in [-0.1, -0.05) is 0 Å². The molecule has 11 heteroatoms. The average Bonchev–Trinajstić information content (AvgIpc) is 3.34. The maximum Gasteiger partial charge on any atom is 0.271 e. The van der Waals surface area contributed by atoms with Crippen molar-refractivity contribution < 1.29 is 18.4 Å². The van der Waals surface area contributed by atoms with Crippen LogP contribution in [-0.2, 0) is 10.5 Å². The molecule has 2 amide bonds. The molecular weight excluding hydrogens is 450 g/mol. The van der Waals surface area contributed by atoms with Crippen LogP contribution in [0.15, 0.2) is 39.4 Å². The number of carbonyl (C=O) groups is 2. The molecule has 2 heterocycles. The second-order valence-electron chi connectivity index (χ2n) is 6.50. The normalized spacial score (nSPS) is 17.5. The van der Waals surface area contributed by atoms with E-state index >= 15 is 0 Å². The number of aromatic nitrogens is 1. The van der Waals surface area contributed by atoms with Crippen molar-refractivity contribution in [2.75, 3.05) is 19.3 Å². The van der Waals surface area contributed by atoms with E-state index < -0.39 is 43.3 Å². The summed E-state index contributed by atoms with van der Waals surface area (Å²) in [6, 6.07) is 8.66. The van der Waals surface area contributed by atoms with Crippen LogP contribution in [0.1, 0.15) is 21.9 Å². The molecule has 0 saturated carbocycles. The molecule has 0 unspecified atom stereocenters. The van der Waals surface area contributed by atoms with Gasteiger partial charge in [0.05, 0.1) is 24.9 Å². The number of alkyl halides is 2. The van der Waals surface area contributed by atoms with Gasteiger partial charge < -0.3 is 10.2 Å². The molecule has 1 aliphatic heterocycles. The molecule has 1 aliphatic rings. The van der Waals surface area contributed by atoms with Gasteiger partial charge in [0.25, 0.3) is 11.8 Å². The van der Waals surface area contributed by atoms with Crippen LogP contribution < -0.4 is 5.32 Å². The minimum Gasteiger partial charge on any atom is -0.342 e. The minimum absolute atomic E-state index is 0.171. The number of carbonyl (C=O) groups excluding carboxylic acids is 2. The number of nitriles is 1. The number of hydrogen-bond donors (Lipinski definition) is 1. The van der Waals surface area contributed by atoms with Crippen molar-refractivity contribution in [3.8, 4) is 6.07 Å². The first kappa shape index (κ1) is 22.5. The molecule has 3 rings (SSSR count). The lowest BCUT2D eigenvalue weighted by Crippen LogP contribution is -2.43. The molecule has 0 bridgehead atoms. The average molecular weight is 469 g/mol. The van der Waals surface area contributed by atoms with Gasteiger partial charge in [0.15, 0.2) is 0 Å². The predicted molar refractivity (Wildman–Crippen MR) is 113 cm³/mol.